The van der Waals surface area contributed by atoms with Crippen LogP contribution in [0.15, 0.2) is 66.7 Å². The smallest absolute Gasteiger partial charge is 0.475 e. The van der Waals surface area contributed by atoms with Gasteiger partial charge in [0.25, 0.3) is 5.91 Å². The predicted octanol–water partition coefficient (Wildman–Crippen LogP) is 6.96. The first kappa shape index (κ1) is 63.0. The number of carbonyl (C=O) groups is 5. The van der Waals surface area contributed by atoms with Crippen LogP contribution in [0.2, 0.25) is 0 Å². The molecule has 0 aliphatic carbocycles. The van der Waals surface area contributed by atoms with Crippen LogP contribution in [-0.2, 0) is 38.8 Å². The first-order chi connectivity index (χ1) is 33.7. The highest BCUT2D eigenvalue weighted by atomic mass is 19.4. The Morgan fingerprint density at radius 1 is 0.603 bits per heavy atom. The topological polar surface area (TPSA) is 203 Å². The first-order valence-electron chi connectivity index (χ1n) is 21.7. The number of halogens is 13. The summed E-state index contributed by atoms with van der Waals surface area (Å²) < 4.78 is 142. The van der Waals surface area contributed by atoms with E-state index < -0.39 is 48.6 Å². The molecule has 3 aromatic rings. The van der Waals surface area contributed by atoms with Crippen LogP contribution in [0.25, 0.3) is 11.1 Å². The van der Waals surface area contributed by atoms with E-state index >= 15 is 4.39 Å². The molecule has 3 aliphatic heterocycles. The lowest BCUT2D eigenvalue weighted by Crippen LogP contribution is -2.52. The molecule has 0 bridgehead atoms. The van der Waals surface area contributed by atoms with E-state index in [1.807, 2.05) is 36.4 Å². The normalized spacial score (nSPS) is 17.4. The zero-order chi connectivity index (χ0) is 55.5. The standard InChI is InChI=1S/C37H49FN6O.4C2HF3O2/c1-28-25-43(16-13-39-28)27-30-5-3-7-32(21-30)35-23-29(9-10-36(35)38)24-40-37(45)33-8-4-6-31(22-33)26-42-17-19-44(20-18-42)34-11-14-41(2)15-12-34;4*3-2(4,5)1(6)7/h3-10,21-23,28,34,39H,11-20,24-27H2,1-2H3,(H,40,45);4*(H,6,7)/t28-;;;;/m0..../s1. The number of piperazine rings is 2. The van der Waals surface area contributed by atoms with Gasteiger partial charge in [0.15, 0.2) is 0 Å². The van der Waals surface area contributed by atoms with Gasteiger partial charge in [0.1, 0.15) is 5.82 Å². The predicted molar refractivity (Wildman–Crippen MR) is 234 cm³/mol. The number of nitrogens with one attached hydrogen (secondary N) is 2. The number of benzene rings is 3. The van der Waals surface area contributed by atoms with Crippen molar-refractivity contribution in [2.75, 3.05) is 66.0 Å². The summed E-state index contributed by atoms with van der Waals surface area (Å²) in [5, 5.41) is 35.0. The first-order valence-corrected chi connectivity index (χ1v) is 21.7. The number of piperidine rings is 1. The van der Waals surface area contributed by atoms with E-state index in [0.717, 1.165) is 81.6 Å². The van der Waals surface area contributed by atoms with Crippen LogP contribution in [0.1, 0.15) is 46.8 Å². The molecule has 0 unspecified atom stereocenters. The summed E-state index contributed by atoms with van der Waals surface area (Å²) in [7, 11) is 2.22. The fraction of sp³-hybridized carbons (Fsp3) is 0.489. The lowest BCUT2D eigenvalue weighted by Gasteiger charge is -2.42. The minimum atomic E-state index is -5.08. The minimum absolute atomic E-state index is 0.109. The molecule has 0 aromatic heterocycles. The van der Waals surface area contributed by atoms with Crippen molar-refractivity contribution in [2.24, 2.45) is 0 Å². The monoisotopic (exact) mass is 1070 g/mol. The fourth-order valence-corrected chi connectivity index (χ4v) is 7.16. The maximum absolute atomic E-state index is 15.0. The van der Waals surface area contributed by atoms with E-state index in [1.54, 1.807) is 6.07 Å². The summed E-state index contributed by atoms with van der Waals surface area (Å²) in [5.74, 6) is -11.4. The van der Waals surface area contributed by atoms with E-state index in [9.17, 15) is 57.5 Å². The van der Waals surface area contributed by atoms with E-state index in [2.05, 4.69) is 62.4 Å². The van der Waals surface area contributed by atoms with E-state index in [1.165, 1.54) is 37.6 Å². The Labute approximate surface area is 409 Å². The molecule has 0 radical (unpaired) electrons. The maximum Gasteiger partial charge on any atom is 0.490 e. The van der Waals surface area contributed by atoms with Crippen molar-refractivity contribution in [3.8, 4) is 11.1 Å². The third-order valence-electron chi connectivity index (χ3n) is 10.8. The Morgan fingerprint density at radius 2 is 1.07 bits per heavy atom. The van der Waals surface area contributed by atoms with Crippen molar-refractivity contribution in [2.45, 2.75) is 76.2 Å². The highest BCUT2D eigenvalue weighted by molar-refractivity contribution is 5.94. The van der Waals surface area contributed by atoms with Gasteiger partial charge in [0, 0.05) is 88.7 Å². The summed E-state index contributed by atoms with van der Waals surface area (Å²) in [6.07, 6.45) is -17.8. The molecule has 408 valence electrons. The molecule has 3 fully saturated rings. The number of carbonyl (C=O) groups excluding carboxylic acids is 1. The number of likely N-dealkylation sites (tertiary alicyclic amines) is 1. The van der Waals surface area contributed by atoms with E-state index in [0.29, 0.717) is 23.7 Å². The van der Waals surface area contributed by atoms with Gasteiger partial charge in [0.2, 0.25) is 0 Å². The van der Waals surface area contributed by atoms with Crippen LogP contribution in [0.5, 0.6) is 0 Å². The van der Waals surface area contributed by atoms with Crippen LogP contribution < -0.4 is 10.6 Å². The Bertz CT molecular complexity index is 2170. The molecule has 3 saturated heterocycles. The third-order valence-corrected chi connectivity index (χ3v) is 10.8. The number of hydrogen-bond acceptors (Lipinski definition) is 10. The highest BCUT2D eigenvalue weighted by Crippen LogP contribution is 2.26. The van der Waals surface area contributed by atoms with Gasteiger partial charge in [-0.25, -0.2) is 23.6 Å². The quantitative estimate of drug-likeness (QED) is 0.120. The van der Waals surface area contributed by atoms with Gasteiger partial charge in [-0.1, -0.05) is 36.4 Å². The average Bonchev–Trinajstić information content (AvgIpc) is 3.29. The van der Waals surface area contributed by atoms with Crippen molar-refractivity contribution in [1.29, 1.82) is 0 Å². The molecule has 28 heteroatoms. The molecular formula is C45H53F13N6O9. The number of carboxylic acids is 4. The molecule has 6 rings (SSSR count). The van der Waals surface area contributed by atoms with Crippen molar-refractivity contribution in [1.82, 2.24) is 30.2 Å². The Morgan fingerprint density at radius 3 is 1.55 bits per heavy atom. The van der Waals surface area contributed by atoms with Gasteiger partial charge in [-0.15, -0.1) is 0 Å². The zero-order valence-corrected chi connectivity index (χ0v) is 38.9. The molecule has 3 aliphatic rings. The van der Waals surface area contributed by atoms with Gasteiger partial charge in [-0.3, -0.25) is 19.5 Å². The van der Waals surface area contributed by atoms with Crippen LogP contribution >= 0.6 is 0 Å². The summed E-state index contributed by atoms with van der Waals surface area (Å²) in [6.45, 7) is 14.0. The lowest BCUT2D eigenvalue weighted by atomic mass is 10.00. The Kier molecular flexibility index (Phi) is 24.5. The number of carboxylic acid groups (broad SMARTS) is 4. The summed E-state index contributed by atoms with van der Waals surface area (Å²) in [5.41, 5.74) is 5.30. The second-order valence-corrected chi connectivity index (χ2v) is 16.5. The maximum atomic E-state index is 15.0. The van der Waals surface area contributed by atoms with Crippen LogP contribution in [-0.4, -0.2) is 173 Å². The SMILES string of the molecule is C[C@H]1CN(Cc2cccc(-c3cc(CNC(=O)c4cccc(CN5CCN(C6CCN(C)CC6)CC5)c4)ccc3F)c2)CCN1.O=C(O)C(F)(F)F.O=C(O)C(F)(F)F.O=C(O)C(F)(F)F.O=C(O)C(F)(F)F. The number of aliphatic carboxylic acids is 4. The molecule has 1 amide bonds. The molecule has 3 aromatic carbocycles. The summed E-state index contributed by atoms with van der Waals surface area (Å²) >= 11 is 0. The molecular weight excluding hydrogens is 1020 g/mol. The Hall–Kier alpha value is -6.10. The second kappa shape index (κ2) is 28.4. The molecule has 0 saturated carbocycles. The highest BCUT2D eigenvalue weighted by Gasteiger charge is 2.40. The van der Waals surface area contributed by atoms with Crippen molar-refractivity contribution in [3.05, 3.63) is 94.8 Å². The second-order valence-electron chi connectivity index (χ2n) is 16.5. The molecule has 15 nitrogen and oxygen atoms in total. The minimum Gasteiger partial charge on any atom is -0.475 e. The number of amides is 1. The van der Waals surface area contributed by atoms with E-state index in [4.69, 9.17) is 39.6 Å². The van der Waals surface area contributed by atoms with Gasteiger partial charge in [-0.2, -0.15) is 52.7 Å². The Balaban J connectivity index is 0.000000530. The number of hydrogen-bond donors (Lipinski definition) is 6. The average molecular weight is 1070 g/mol. The van der Waals surface area contributed by atoms with Crippen molar-refractivity contribution < 1.29 is 101 Å². The van der Waals surface area contributed by atoms with Crippen LogP contribution in [0, 0.1) is 5.82 Å². The van der Waals surface area contributed by atoms with Gasteiger partial charge in [0.05, 0.1) is 0 Å². The third kappa shape index (κ3) is 24.0. The van der Waals surface area contributed by atoms with E-state index in [-0.39, 0.29) is 11.7 Å². The van der Waals surface area contributed by atoms with Crippen LogP contribution in [0.3, 0.4) is 0 Å². The molecule has 6 N–H and O–H groups in total. The van der Waals surface area contributed by atoms with Crippen molar-refractivity contribution >= 4 is 29.8 Å². The van der Waals surface area contributed by atoms with Gasteiger partial charge in [-0.05, 0) is 92.5 Å². The lowest BCUT2D eigenvalue weighted by molar-refractivity contribution is -0.193. The number of rotatable bonds is 9. The van der Waals surface area contributed by atoms with Gasteiger partial charge < -0.3 is 36.0 Å². The van der Waals surface area contributed by atoms with Gasteiger partial charge >= 0.3 is 48.6 Å². The number of alkyl halides is 12. The molecule has 0 spiro atoms. The largest absolute Gasteiger partial charge is 0.490 e. The molecule has 1 atom stereocenters. The summed E-state index contributed by atoms with van der Waals surface area (Å²) in [4.78, 5) is 58.8. The van der Waals surface area contributed by atoms with Crippen LogP contribution in [0.4, 0.5) is 57.1 Å². The zero-order valence-electron chi connectivity index (χ0n) is 38.9. The fourth-order valence-electron chi connectivity index (χ4n) is 7.16. The molecule has 3 heterocycles. The summed E-state index contributed by atoms with van der Waals surface area (Å²) in [6, 6.07) is 22.5. The van der Waals surface area contributed by atoms with Crippen molar-refractivity contribution in [3.63, 3.8) is 0 Å². The number of nitrogens with zero attached hydrogens (tertiary/aromatic N) is 4. The molecule has 73 heavy (non-hydrogen) atoms.